The molecule has 5 nitrogen and oxygen atoms in total. The highest BCUT2D eigenvalue weighted by molar-refractivity contribution is 5.51. The average Bonchev–Trinajstić information content (AvgIpc) is 4.03. The molecule has 0 bridgehead atoms. The molecule has 248 valence electrons. The van der Waals surface area contributed by atoms with Gasteiger partial charge in [0.1, 0.15) is 11.5 Å². The fraction of sp³-hybridized carbons (Fsp3) is 0.561. The van der Waals surface area contributed by atoms with E-state index in [0.717, 1.165) is 62.3 Å². The van der Waals surface area contributed by atoms with Crippen molar-refractivity contribution in [3.05, 3.63) is 95.1 Å². The third-order valence-corrected chi connectivity index (χ3v) is 10.7. The molecule has 3 aliphatic rings. The normalized spacial score (nSPS) is 27.3. The lowest BCUT2D eigenvalue weighted by molar-refractivity contribution is 0.238. The fourth-order valence-corrected chi connectivity index (χ4v) is 7.00. The molecule has 3 heterocycles. The summed E-state index contributed by atoms with van der Waals surface area (Å²) < 4.78 is 12.5. The minimum Gasteiger partial charge on any atom is -0.493 e. The van der Waals surface area contributed by atoms with E-state index in [2.05, 4.69) is 129 Å². The molecule has 8 atom stereocenters. The molecular formula is C41H57N3O2. The quantitative estimate of drug-likeness (QED) is 0.0831. The molecule has 6 rings (SSSR count). The molecule has 0 aliphatic carbocycles. The molecule has 3 aliphatic heterocycles. The van der Waals surface area contributed by atoms with Crippen LogP contribution in [-0.4, -0.2) is 85.3 Å². The van der Waals surface area contributed by atoms with Crippen LogP contribution in [0.3, 0.4) is 0 Å². The van der Waals surface area contributed by atoms with Crippen molar-refractivity contribution in [3.63, 3.8) is 0 Å². The Morgan fingerprint density at radius 2 is 1.00 bits per heavy atom. The van der Waals surface area contributed by atoms with E-state index < -0.39 is 0 Å². The first-order valence-electron chi connectivity index (χ1n) is 18.0. The summed E-state index contributed by atoms with van der Waals surface area (Å²) in [6.45, 7) is 22.5. The van der Waals surface area contributed by atoms with Gasteiger partial charge in [0.05, 0.1) is 13.2 Å². The van der Waals surface area contributed by atoms with E-state index >= 15 is 0 Å². The maximum absolute atomic E-state index is 6.24. The van der Waals surface area contributed by atoms with Crippen molar-refractivity contribution < 1.29 is 9.47 Å². The van der Waals surface area contributed by atoms with Gasteiger partial charge in [0.15, 0.2) is 0 Å². The van der Waals surface area contributed by atoms with Crippen LogP contribution in [0.1, 0.15) is 76.6 Å². The van der Waals surface area contributed by atoms with Gasteiger partial charge in [0, 0.05) is 68.1 Å². The van der Waals surface area contributed by atoms with E-state index in [0.29, 0.717) is 11.8 Å². The summed E-state index contributed by atoms with van der Waals surface area (Å²) in [5.74, 6) is 2.92. The van der Waals surface area contributed by atoms with Crippen LogP contribution in [0.15, 0.2) is 72.8 Å². The summed E-state index contributed by atoms with van der Waals surface area (Å²) in [5.41, 5.74) is 4.95. The van der Waals surface area contributed by atoms with Crippen molar-refractivity contribution in [2.75, 3.05) is 52.5 Å². The molecule has 0 N–H and O–H groups in total. The van der Waals surface area contributed by atoms with Crippen LogP contribution in [0, 0.1) is 11.8 Å². The third-order valence-electron chi connectivity index (χ3n) is 10.7. The Kier molecular flexibility index (Phi) is 10.4. The zero-order valence-electron chi connectivity index (χ0n) is 29.3. The van der Waals surface area contributed by atoms with E-state index in [-0.39, 0.29) is 5.41 Å². The van der Waals surface area contributed by atoms with Gasteiger partial charge in [-0.2, -0.15) is 0 Å². The molecular weight excluding hydrogens is 566 g/mol. The minimum absolute atomic E-state index is 0.309. The van der Waals surface area contributed by atoms with Gasteiger partial charge in [-0.05, 0) is 100 Å². The Labute approximate surface area is 278 Å². The Bertz CT molecular complexity index is 1320. The minimum atomic E-state index is -0.309. The van der Waals surface area contributed by atoms with Crippen molar-refractivity contribution in [3.8, 4) is 11.5 Å². The van der Waals surface area contributed by atoms with Crippen LogP contribution in [0.4, 0.5) is 0 Å². The summed E-state index contributed by atoms with van der Waals surface area (Å²) in [4.78, 5) is 7.57. The van der Waals surface area contributed by atoms with Crippen molar-refractivity contribution in [2.45, 2.75) is 84.3 Å². The zero-order valence-corrected chi connectivity index (χ0v) is 29.3. The first kappa shape index (κ1) is 33.1. The van der Waals surface area contributed by atoms with Gasteiger partial charge in [-0.1, -0.05) is 62.4 Å². The number of benzene rings is 3. The van der Waals surface area contributed by atoms with Crippen molar-refractivity contribution in [1.29, 1.82) is 0 Å². The van der Waals surface area contributed by atoms with Crippen molar-refractivity contribution in [1.82, 2.24) is 14.7 Å². The van der Waals surface area contributed by atoms with E-state index in [1.807, 2.05) is 0 Å². The van der Waals surface area contributed by atoms with Crippen LogP contribution in [0.5, 0.6) is 11.5 Å². The molecule has 0 saturated carbocycles. The smallest absolute Gasteiger partial charge is 0.119 e. The fourth-order valence-electron chi connectivity index (χ4n) is 7.00. The number of hydrogen-bond donors (Lipinski definition) is 0. The van der Waals surface area contributed by atoms with Gasteiger partial charge in [-0.15, -0.1) is 0 Å². The highest BCUT2D eigenvalue weighted by atomic mass is 16.5. The first-order chi connectivity index (χ1) is 22.2. The number of aryl methyl sites for hydroxylation is 1. The molecule has 8 unspecified atom stereocenters. The molecule has 3 aromatic rings. The molecule has 0 aromatic heterocycles. The maximum atomic E-state index is 6.24. The summed E-state index contributed by atoms with van der Waals surface area (Å²) in [7, 11) is 0. The van der Waals surface area contributed by atoms with Gasteiger partial charge in [0.25, 0.3) is 0 Å². The van der Waals surface area contributed by atoms with Crippen molar-refractivity contribution in [2.24, 2.45) is 11.8 Å². The molecule has 46 heavy (non-hydrogen) atoms. The second-order valence-corrected chi connectivity index (χ2v) is 15.1. The second kappa shape index (κ2) is 14.5. The molecule has 3 saturated heterocycles. The highest BCUT2D eigenvalue weighted by Gasteiger charge is 2.33. The van der Waals surface area contributed by atoms with Gasteiger partial charge < -0.3 is 9.47 Å². The lowest BCUT2D eigenvalue weighted by Crippen LogP contribution is -2.25. The van der Waals surface area contributed by atoms with E-state index in [1.54, 1.807) is 0 Å². The summed E-state index contributed by atoms with van der Waals surface area (Å²) in [5, 5.41) is 0. The van der Waals surface area contributed by atoms with Crippen LogP contribution in [0.25, 0.3) is 0 Å². The van der Waals surface area contributed by atoms with Crippen LogP contribution in [-0.2, 0) is 11.8 Å². The Morgan fingerprint density at radius 1 is 0.609 bits per heavy atom. The Morgan fingerprint density at radius 3 is 1.39 bits per heavy atom. The van der Waals surface area contributed by atoms with E-state index in [1.165, 1.54) is 61.3 Å². The Hall–Kier alpha value is -2.86. The largest absolute Gasteiger partial charge is 0.493 e. The van der Waals surface area contributed by atoms with Gasteiger partial charge >= 0.3 is 0 Å². The average molecular weight is 624 g/mol. The standard InChI is InChI=1S/C41H57N3O2/c1-30(23-43-26-33(43)4)28-45-39-18-14-37(15-19-39)41(6,36-12-10-35(11-13-36)9-7-8-22-42-25-32(42)3)38-16-20-40(21-17-38)46-29-31(2)24-44-27-34(44)5/h10-21,30-34H,7-9,22-29H2,1-6H3. The summed E-state index contributed by atoms with van der Waals surface area (Å²) in [6.07, 6.45) is 3.66. The van der Waals surface area contributed by atoms with Crippen LogP contribution >= 0.6 is 0 Å². The first-order valence-corrected chi connectivity index (χ1v) is 18.0. The van der Waals surface area contributed by atoms with Gasteiger partial charge in [0.2, 0.25) is 0 Å². The predicted molar refractivity (Wildman–Crippen MR) is 190 cm³/mol. The topological polar surface area (TPSA) is 27.5 Å². The van der Waals surface area contributed by atoms with Gasteiger partial charge in [-0.3, -0.25) is 14.7 Å². The van der Waals surface area contributed by atoms with Crippen LogP contribution < -0.4 is 9.47 Å². The van der Waals surface area contributed by atoms with E-state index in [4.69, 9.17) is 9.47 Å². The van der Waals surface area contributed by atoms with E-state index in [9.17, 15) is 0 Å². The zero-order chi connectivity index (χ0) is 32.3. The number of nitrogens with zero attached hydrogens (tertiary/aromatic N) is 3. The predicted octanol–water partition coefficient (Wildman–Crippen LogP) is 7.51. The lowest BCUT2D eigenvalue weighted by Gasteiger charge is -2.32. The molecule has 5 heteroatoms. The lowest BCUT2D eigenvalue weighted by atomic mass is 9.71. The monoisotopic (exact) mass is 623 g/mol. The second-order valence-electron chi connectivity index (χ2n) is 15.1. The van der Waals surface area contributed by atoms with Gasteiger partial charge in [-0.25, -0.2) is 0 Å². The number of hydrogen-bond acceptors (Lipinski definition) is 5. The maximum Gasteiger partial charge on any atom is 0.119 e. The summed E-state index contributed by atoms with van der Waals surface area (Å²) in [6, 6.07) is 29.3. The third kappa shape index (κ3) is 8.53. The highest BCUT2D eigenvalue weighted by Crippen LogP contribution is 2.40. The molecule has 0 radical (unpaired) electrons. The molecule has 3 fully saturated rings. The molecule has 0 amide bonds. The Balaban J connectivity index is 1.14. The molecule has 3 aromatic carbocycles. The molecule has 0 spiro atoms. The number of unbranched alkanes of at least 4 members (excludes halogenated alkanes) is 1. The SMILES string of the molecule is CC(COc1ccc(C(C)(c2ccc(CCCCN3CC3C)cc2)c2ccc(OCC(C)CN3CC3C)cc2)cc1)CN1CC1C. The van der Waals surface area contributed by atoms with Crippen molar-refractivity contribution >= 4 is 0 Å². The number of rotatable bonds is 18. The van der Waals surface area contributed by atoms with Crippen LogP contribution in [0.2, 0.25) is 0 Å². The number of ether oxygens (including phenoxy) is 2. The summed E-state index contributed by atoms with van der Waals surface area (Å²) >= 11 is 0.